The molecule has 1 atom stereocenters. The number of unbranched alkanes of at least 4 members (excludes halogenated alkanes) is 3. The van der Waals surface area contributed by atoms with Gasteiger partial charge in [0.2, 0.25) is 5.91 Å². The van der Waals surface area contributed by atoms with Crippen LogP contribution in [0.2, 0.25) is 0 Å². The molecule has 0 aliphatic rings. The average molecular weight is 259 g/mol. The molecule has 0 aromatic carbocycles. The van der Waals surface area contributed by atoms with Crippen molar-refractivity contribution in [1.29, 1.82) is 0 Å². The van der Waals surface area contributed by atoms with E-state index >= 15 is 0 Å². The third-order valence-electron chi connectivity index (χ3n) is 2.69. The molecule has 6 nitrogen and oxygen atoms in total. The van der Waals surface area contributed by atoms with E-state index in [1.165, 1.54) is 0 Å². The second kappa shape index (κ2) is 11.0. The van der Waals surface area contributed by atoms with Gasteiger partial charge in [0.05, 0.1) is 0 Å². The molecule has 0 aliphatic heterocycles. The van der Waals surface area contributed by atoms with Crippen LogP contribution in [0.25, 0.3) is 0 Å². The maximum Gasteiger partial charge on any atom is 0.326 e. The number of carbonyl (C=O) groups is 2. The molecule has 0 spiro atoms. The molecule has 6 N–H and O–H groups in total. The summed E-state index contributed by atoms with van der Waals surface area (Å²) in [5.74, 6) is -1.19. The Hall–Kier alpha value is -1.14. The number of amides is 1. The molecule has 6 heteroatoms. The van der Waals surface area contributed by atoms with E-state index < -0.39 is 12.0 Å². The maximum absolute atomic E-state index is 11.5. The molecule has 0 aromatic heterocycles. The Morgan fingerprint density at radius 1 is 1.00 bits per heavy atom. The number of carboxylic acids is 1. The maximum atomic E-state index is 11.5. The standard InChI is InChI=1S/C12H25N3O3/c13-8-4-1-2-7-11(16)15-10(12(17)18)6-3-5-9-14/h10H,1-9,13-14H2,(H,15,16)(H,17,18). The predicted octanol–water partition coefficient (Wildman–Crippen LogP) is 0.204. The van der Waals surface area contributed by atoms with Crippen molar-refractivity contribution in [2.45, 2.75) is 51.0 Å². The van der Waals surface area contributed by atoms with Gasteiger partial charge in [0.15, 0.2) is 0 Å². The number of rotatable bonds is 11. The van der Waals surface area contributed by atoms with Crippen LogP contribution >= 0.6 is 0 Å². The first-order valence-electron chi connectivity index (χ1n) is 6.54. The normalized spacial score (nSPS) is 12.1. The summed E-state index contributed by atoms with van der Waals surface area (Å²) < 4.78 is 0. The zero-order valence-electron chi connectivity index (χ0n) is 10.9. The second-order valence-corrected chi connectivity index (χ2v) is 4.34. The minimum absolute atomic E-state index is 0.202. The van der Waals surface area contributed by atoms with Crippen molar-refractivity contribution in [1.82, 2.24) is 5.32 Å². The highest BCUT2D eigenvalue weighted by molar-refractivity contribution is 5.83. The SMILES string of the molecule is NCCCCCC(=O)NC(CCCCN)C(=O)O. The van der Waals surface area contributed by atoms with Gasteiger partial charge in [-0.15, -0.1) is 0 Å². The lowest BCUT2D eigenvalue weighted by Gasteiger charge is -2.14. The minimum Gasteiger partial charge on any atom is -0.480 e. The fourth-order valence-corrected chi connectivity index (χ4v) is 1.62. The van der Waals surface area contributed by atoms with Gasteiger partial charge in [0.25, 0.3) is 0 Å². The van der Waals surface area contributed by atoms with Crippen molar-refractivity contribution >= 4 is 11.9 Å². The van der Waals surface area contributed by atoms with E-state index in [9.17, 15) is 9.59 Å². The predicted molar refractivity (Wildman–Crippen MR) is 70.0 cm³/mol. The van der Waals surface area contributed by atoms with Gasteiger partial charge in [-0.25, -0.2) is 4.79 Å². The van der Waals surface area contributed by atoms with Gasteiger partial charge in [-0.3, -0.25) is 4.79 Å². The van der Waals surface area contributed by atoms with E-state index in [1.54, 1.807) is 0 Å². The molecule has 1 amide bonds. The molecular weight excluding hydrogens is 234 g/mol. The van der Waals surface area contributed by atoms with Crippen molar-refractivity contribution in [3.8, 4) is 0 Å². The van der Waals surface area contributed by atoms with E-state index in [-0.39, 0.29) is 5.91 Å². The number of aliphatic carboxylic acids is 1. The number of nitrogens with one attached hydrogen (secondary N) is 1. The van der Waals surface area contributed by atoms with Gasteiger partial charge in [-0.2, -0.15) is 0 Å². The van der Waals surface area contributed by atoms with E-state index in [0.29, 0.717) is 32.4 Å². The van der Waals surface area contributed by atoms with Crippen LogP contribution in [-0.4, -0.2) is 36.1 Å². The molecule has 1 unspecified atom stereocenters. The van der Waals surface area contributed by atoms with Crippen molar-refractivity contribution in [3.63, 3.8) is 0 Å². The van der Waals surface area contributed by atoms with Crippen molar-refractivity contribution in [3.05, 3.63) is 0 Å². The molecule has 106 valence electrons. The number of hydrogen-bond acceptors (Lipinski definition) is 4. The van der Waals surface area contributed by atoms with Crippen molar-refractivity contribution in [2.75, 3.05) is 13.1 Å². The van der Waals surface area contributed by atoms with Crippen LogP contribution in [-0.2, 0) is 9.59 Å². The lowest BCUT2D eigenvalue weighted by molar-refractivity contribution is -0.142. The first-order valence-corrected chi connectivity index (χ1v) is 6.54. The summed E-state index contributed by atoms with van der Waals surface area (Å²) in [4.78, 5) is 22.5. The Balaban J connectivity index is 3.85. The van der Waals surface area contributed by atoms with E-state index in [0.717, 1.165) is 25.7 Å². The monoisotopic (exact) mass is 259 g/mol. The van der Waals surface area contributed by atoms with Crippen LogP contribution in [0.3, 0.4) is 0 Å². The van der Waals surface area contributed by atoms with Crippen molar-refractivity contribution in [2.24, 2.45) is 11.5 Å². The molecule has 0 saturated heterocycles. The second-order valence-electron chi connectivity index (χ2n) is 4.34. The highest BCUT2D eigenvalue weighted by Crippen LogP contribution is 2.03. The highest BCUT2D eigenvalue weighted by Gasteiger charge is 2.18. The molecule has 0 radical (unpaired) electrons. The molecule has 0 heterocycles. The Kier molecular flexibility index (Phi) is 10.3. The largest absolute Gasteiger partial charge is 0.480 e. The lowest BCUT2D eigenvalue weighted by Crippen LogP contribution is -2.40. The zero-order valence-corrected chi connectivity index (χ0v) is 10.9. The first kappa shape index (κ1) is 16.9. The fraction of sp³-hybridized carbons (Fsp3) is 0.833. The van der Waals surface area contributed by atoms with E-state index in [4.69, 9.17) is 16.6 Å². The van der Waals surface area contributed by atoms with Gasteiger partial charge in [-0.1, -0.05) is 6.42 Å². The number of hydrogen-bond donors (Lipinski definition) is 4. The molecule has 18 heavy (non-hydrogen) atoms. The van der Waals surface area contributed by atoms with Crippen LogP contribution in [0.5, 0.6) is 0 Å². The quantitative estimate of drug-likeness (QED) is 0.395. The Morgan fingerprint density at radius 2 is 1.61 bits per heavy atom. The van der Waals surface area contributed by atoms with Crippen LogP contribution in [0.4, 0.5) is 0 Å². The van der Waals surface area contributed by atoms with Crippen LogP contribution in [0.15, 0.2) is 0 Å². The fourth-order valence-electron chi connectivity index (χ4n) is 1.62. The molecule has 0 saturated carbocycles. The van der Waals surface area contributed by atoms with Gasteiger partial charge < -0.3 is 21.9 Å². The van der Waals surface area contributed by atoms with Gasteiger partial charge >= 0.3 is 5.97 Å². The van der Waals surface area contributed by atoms with E-state index in [1.807, 2.05) is 0 Å². The summed E-state index contributed by atoms with van der Waals surface area (Å²) in [5, 5.41) is 11.5. The molecular formula is C12H25N3O3. The first-order chi connectivity index (χ1) is 8.61. The van der Waals surface area contributed by atoms with Gasteiger partial charge in [0, 0.05) is 6.42 Å². The number of carbonyl (C=O) groups excluding carboxylic acids is 1. The van der Waals surface area contributed by atoms with Crippen LogP contribution in [0.1, 0.15) is 44.9 Å². The molecule has 0 fully saturated rings. The zero-order chi connectivity index (χ0) is 13.8. The molecule has 0 rings (SSSR count). The van der Waals surface area contributed by atoms with Gasteiger partial charge in [-0.05, 0) is 45.2 Å². The Bertz CT molecular complexity index is 247. The average Bonchev–Trinajstić information content (AvgIpc) is 2.33. The molecule has 0 aromatic rings. The third kappa shape index (κ3) is 8.95. The summed E-state index contributed by atoms with van der Waals surface area (Å²) in [6, 6.07) is -0.793. The number of nitrogens with two attached hydrogens (primary N) is 2. The summed E-state index contributed by atoms with van der Waals surface area (Å²) in [5.41, 5.74) is 10.7. The highest BCUT2D eigenvalue weighted by atomic mass is 16.4. The van der Waals surface area contributed by atoms with Crippen molar-refractivity contribution < 1.29 is 14.7 Å². The van der Waals surface area contributed by atoms with Crippen LogP contribution < -0.4 is 16.8 Å². The summed E-state index contributed by atoms with van der Waals surface area (Å²) in [6.45, 7) is 1.16. The molecule has 0 bridgehead atoms. The summed E-state index contributed by atoms with van der Waals surface area (Å²) >= 11 is 0. The minimum atomic E-state index is -0.984. The van der Waals surface area contributed by atoms with Gasteiger partial charge in [0.1, 0.15) is 6.04 Å². The summed E-state index contributed by atoms with van der Waals surface area (Å²) in [7, 11) is 0. The third-order valence-corrected chi connectivity index (χ3v) is 2.69. The smallest absolute Gasteiger partial charge is 0.326 e. The topological polar surface area (TPSA) is 118 Å². The Morgan fingerprint density at radius 3 is 2.17 bits per heavy atom. The lowest BCUT2D eigenvalue weighted by atomic mass is 10.1. The summed E-state index contributed by atoms with van der Waals surface area (Å²) in [6.07, 6.45) is 4.82. The number of carboxylic acid groups (broad SMARTS) is 1. The van der Waals surface area contributed by atoms with Crippen LogP contribution in [0, 0.1) is 0 Å². The molecule has 0 aliphatic carbocycles. The Labute approximate surface area is 108 Å². The van der Waals surface area contributed by atoms with E-state index in [2.05, 4.69) is 5.32 Å².